The zero-order valence-electron chi connectivity index (χ0n) is 11.3. The minimum Gasteiger partial charge on any atom is -0.444 e. The van der Waals surface area contributed by atoms with Crippen LogP contribution in [0.15, 0.2) is 12.3 Å². The van der Waals surface area contributed by atoms with Gasteiger partial charge < -0.3 is 21.1 Å². The van der Waals surface area contributed by atoms with Gasteiger partial charge in [-0.3, -0.25) is 0 Å². The topological polar surface area (TPSA) is 89.3 Å². The van der Waals surface area contributed by atoms with E-state index >= 15 is 0 Å². The van der Waals surface area contributed by atoms with Gasteiger partial charge in [0, 0.05) is 19.3 Å². The predicted molar refractivity (Wildman–Crippen MR) is 76.4 cm³/mol. The molecule has 19 heavy (non-hydrogen) atoms. The van der Waals surface area contributed by atoms with Gasteiger partial charge in [-0.05, 0) is 26.8 Å². The highest BCUT2D eigenvalue weighted by molar-refractivity contribution is 6.32. The number of carbonyl (C=O) groups is 1. The Labute approximate surface area is 117 Å². The number of anilines is 2. The highest BCUT2D eigenvalue weighted by atomic mass is 35.5. The zero-order valence-corrected chi connectivity index (χ0v) is 12.0. The molecule has 106 valence electrons. The molecule has 0 aliphatic carbocycles. The van der Waals surface area contributed by atoms with Crippen LogP contribution in [0.3, 0.4) is 0 Å². The lowest BCUT2D eigenvalue weighted by Crippen LogP contribution is -2.35. The fourth-order valence-electron chi connectivity index (χ4n) is 1.28. The second kappa shape index (κ2) is 6.47. The standard InChI is InChI=1S/C12H19ClN4O2/c1-12(2,3)19-11(18)17-7-6-15-8-4-5-16-10(13)9(8)14/h4-5H,6-7,14H2,1-3H3,(H,15,16)(H,17,18). The lowest BCUT2D eigenvalue weighted by Gasteiger charge is -2.19. The maximum Gasteiger partial charge on any atom is 0.407 e. The maximum absolute atomic E-state index is 11.4. The summed E-state index contributed by atoms with van der Waals surface area (Å²) in [5, 5.41) is 5.94. The van der Waals surface area contributed by atoms with Crippen LogP contribution in [0.5, 0.6) is 0 Å². The number of hydrogen-bond acceptors (Lipinski definition) is 5. The van der Waals surface area contributed by atoms with Crippen LogP contribution in [0, 0.1) is 0 Å². The largest absolute Gasteiger partial charge is 0.444 e. The van der Waals surface area contributed by atoms with Gasteiger partial charge in [-0.15, -0.1) is 0 Å². The van der Waals surface area contributed by atoms with Crippen molar-refractivity contribution in [1.82, 2.24) is 10.3 Å². The SMILES string of the molecule is CC(C)(C)OC(=O)NCCNc1ccnc(Cl)c1N. The predicted octanol–water partition coefficient (Wildman–Crippen LogP) is 2.25. The number of nitrogens with zero attached hydrogens (tertiary/aromatic N) is 1. The number of halogens is 1. The summed E-state index contributed by atoms with van der Waals surface area (Å²) < 4.78 is 5.10. The van der Waals surface area contributed by atoms with Crippen LogP contribution in [0.1, 0.15) is 20.8 Å². The Morgan fingerprint density at radius 3 is 2.79 bits per heavy atom. The fraction of sp³-hybridized carbons (Fsp3) is 0.500. The van der Waals surface area contributed by atoms with Crippen LogP contribution in [0.4, 0.5) is 16.2 Å². The van der Waals surface area contributed by atoms with Gasteiger partial charge in [0.05, 0.1) is 11.4 Å². The molecule has 1 aromatic rings. The summed E-state index contributed by atoms with van der Waals surface area (Å²) in [5.41, 5.74) is 6.32. The van der Waals surface area contributed by atoms with E-state index in [9.17, 15) is 4.79 Å². The first kappa shape index (κ1) is 15.4. The molecule has 0 saturated heterocycles. The minimum absolute atomic E-state index is 0.255. The van der Waals surface area contributed by atoms with Gasteiger partial charge in [0.2, 0.25) is 0 Å². The number of pyridine rings is 1. The molecule has 0 spiro atoms. The third-order valence-corrected chi connectivity index (χ3v) is 2.35. The number of hydrogen-bond donors (Lipinski definition) is 3. The number of nitrogens with one attached hydrogen (secondary N) is 2. The molecule has 0 fully saturated rings. The summed E-state index contributed by atoms with van der Waals surface area (Å²) in [6.07, 6.45) is 1.11. The Morgan fingerprint density at radius 1 is 1.47 bits per heavy atom. The molecule has 1 rings (SSSR count). The summed E-state index contributed by atoms with van der Waals surface area (Å²) in [5.74, 6) is 0. The van der Waals surface area contributed by atoms with E-state index < -0.39 is 11.7 Å². The van der Waals surface area contributed by atoms with Crippen molar-refractivity contribution in [3.63, 3.8) is 0 Å². The van der Waals surface area contributed by atoms with E-state index in [1.807, 2.05) is 20.8 Å². The first-order chi connectivity index (χ1) is 8.79. The van der Waals surface area contributed by atoms with Gasteiger partial charge in [0.25, 0.3) is 0 Å². The van der Waals surface area contributed by atoms with E-state index in [4.69, 9.17) is 22.1 Å². The molecule has 0 saturated carbocycles. The molecule has 7 heteroatoms. The number of nitrogens with two attached hydrogens (primary N) is 1. The molecule has 1 amide bonds. The Morgan fingerprint density at radius 2 is 2.16 bits per heavy atom. The van der Waals surface area contributed by atoms with Crippen molar-refractivity contribution in [2.45, 2.75) is 26.4 Å². The van der Waals surface area contributed by atoms with Crippen LogP contribution >= 0.6 is 11.6 Å². The van der Waals surface area contributed by atoms with Crippen molar-refractivity contribution >= 4 is 29.1 Å². The lowest BCUT2D eigenvalue weighted by molar-refractivity contribution is 0.0530. The summed E-state index contributed by atoms with van der Waals surface area (Å²) >= 11 is 5.78. The van der Waals surface area contributed by atoms with Crippen LogP contribution in [-0.2, 0) is 4.74 Å². The first-order valence-corrected chi connectivity index (χ1v) is 6.28. The quantitative estimate of drug-likeness (QED) is 0.583. The third-order valence-electron chi connectivity index (χ3n) is 2.05. The summed E-state index contributed by atoms with van der Waals surface area (Å²) in [6, 6.07) is 1.72. The third kappa shape index (κ3) is 5.65. The highest BCUT2D eigenvalue weighted by Gasteiger charge is 2.15. The number of nitrogen functional groups attached to an aromatic ring is 1. The van der Waals surface area contributed by atoms with Gasteiger partial charge in [0.15, 0.2) is 5.15 Å². The molecule has 0 unspecified atom stereocenters. The molecular formula is C12H19ClN4O2. The smallest absolute Gasteiger partial charge is 0.407 e. The van der Waals surface area contributed by atoms with Crippen molar-refractivity contribution in [1.29, 1.82) is 0 Å². The highest BCUT2D eigenvalue weighted by Crippen LogP contribution is 2.23. The molecule has 0 atom stereocenters. The van der Waals surface area contributed by atoms with Crippen LogP contribution < -0.4 is 16.4 Å². The van der Waals surface area contributed by atoms with Gasteiger partial charge in [0.1, 0.15) is 5.60 Å². The summed E-state index contributed by atoms with van der Waals surface area (Å²) in [6.45, 7) is 6.34. The molecule has 4 N–H and O–H groups in total. The monoisotopic (exact) mass is 286 g/mol. The van der Waals surface area contributed by atoms with E-state index in [1.165, 1.54) is 0 Å². The van der Waals surface area contributed by atoms with Crippen LogP contribution in [0.25, 0.3) is 0 Å². The van der Waals surface area contributed by atoms with E-state index in [1.54, 1.807) is 12.3 Å². The summed E-state index contributed by atoms with van der Waals surface area (Å²) in [4.78, 5) is 15.2. The number of amides is 1. The molecule has 1 heterocycles. The number of carbonyl (C=O) groups excluding carboxylic acids is 1. The van der Waals surface area contributed by atoms with Crippen LogP contribution in [-0.4, -0.2) is 29.8 Å². The second-order valence-corrected chi connectivity index (χ2v) is 5.28. The zero-order chi connectivity index (χ0) is 14.5. The number of alkyl carbamates (subject to hydrolysis) is 1. The molecule has 0 bridgehead atoms. The molecule has 0 aromatic carbocycles. The molecule has 1 aromatic heterocycles. The molecule has 6 nitrogen and oxygen atoms in total. The molecule has 0 radical (unpaired) electrons. The van der Waals surface area contributed by atoms with Crippen molar-refractivity contribution in [3.8, 4) is 0 Å². The Bertz CT molecular complexity index is 446. The van der Waals surface area contributed by atoms with Gasteiger partial charge in [-0.2, -0.15) is 0 Å². The Kier molecular flexibility index (Phi) is 5.23. The molecular weight excluding hydrogens is 268 g/mol. The average Bonchev–Trinajstić information content (AvgIpc) is 2.27. The summed E-state index contributed by atoms with van der Waals surface area (Å²) in [7, 11) is 0. The number of ether oxygens (including phenoxy) is 1. The van der Waals surface area contributed by atoms with E-state index in [0.717, 1.165) is 0 Å². The fourth-order valence-corrected chi connectivity index (χ4v) is 1.44. The van der Waals surface area contributed by atoms with E-state index in [2.05, 4.69) is 15.6 Å². The lowest BCUT2D eigenvalue weighted by atomic mass is 10.2. The van der Waals surface area contributed by atoms with Gasteiger partial charge in [-0.1, -0.05) is 11.6 Å². The van der Waals surface area contributed by atoms with Gasteiger partial charge in [-0.25, -0.2) is 9.78 Å². The van der Waals surface area contributed by atoms with Crippen molar-refractivity contribution in [2.24, 2.45) is 0 Å². The maximum atomic E-state index is 11.4. The normalized spacial score (nSPS) is 10.9. The Hall–Kier alpha value is -1.69. The molecule has 0 aliphatic heterocycles. The second-order valence-electron chi connectivity index (χ2n) is 4.92. The van der Waals surface area contributed by atoms with Crippen molar-refractivity contribution in [3.05, 3.63) is 17.4 Å². The van der Waals surface area contributed by atoms with Gasteiger partial charge >= 0.3 is 6.09 Å². The van der Waals surface area contributed by atoms with E-state index in [0.29, 0.717) is 24.5 Å². The van der Waals surface area contributed by atoms with Crippen molar-refractivity contribution in [2.75, 3.05) is 24.1 Å². The van der Waals surface area contributed by atoms with Crippen LogP contribution in [0.2, 0.25) is 5.15 Å². The van der Waals surface area contributed by atoms with Crippen molar-refractivity contribution < 1.29 is 9.53 Å². The molecule has 0 aliphatic rings. The average molecular weight is 287 g/mol. The van der Waals surface area contributed by atoms with E-state index in [-0.39, 0.29) is 5.15 Å². The number of aromatic nitrogens is 1. The first-order valence-electron chi connectivity index (χ1n) is 5.90. The minimum atomic E-state index is -0.499. The number of rotatable bonds is 4. The Balaban J connectivity index is 2.32.